The van der Waals surface area contributed by atoms with Gasteiger partial charge in [-0.1, -0.05) is 41.6 Å². The van der Waals surface area contributed by atoms with Crippen molar-refractivity contribution in [3.8, 4) is 33.4 Å². The molecule has 2 aromatic heterocycles. The molecule has 0 saturated heterocycles. The zero-order chi connectivity index (χ0) is 29.1. The number of carbonyl (C=O) groups excluding carboxylic acids is 1. The number of thioether (sulfide) groups is 1. The van der Waals surface area contributed by atoms with Crippen molar-refractivity contribution in [3.05, 3.63) is 102 Å². The van der Waals surface area contributed by atoms with E-state index in [1.54, 1.807) is 11.3 Å². The molecule has 0 unspecified atom stereocenters. The second-order valence-corrected chi connectivity index (χ2v) is 11.8. The van der Waals surface area contributed by atoms with E-state index < -0.39 is 0 Å². The van der Waals surface area contributed by atoms with Crippen LogP contribution in [0.2, 0.25) is 0 Å². The minimum Gasteiger partial charge on any atom is -0.494 e. The molecule has 0 fully saturated rings. The van der Waals surface area contributed by atoms with Crippen molar-refractivity contribution in [3.63, 3.8) is 0 Å². The minimum absolute atomic E-state index is 0.124. The van der Waals surface area contributed by atoms with Crippen molar-refractivity contribution in [2.75, 3.05) is 17.7 Å². The summed E-state index contributed by atoms with van der Waals surface area (Å²) in [6.07, 6.45) is 0. The van der Waals surface area contributed by atoms with Gasteiger partial charge in [-0.05, 0) is 93.1 Å². The normalized spacial score (nSPS) is 11.1. The van der Waals surface area contributed by atoms with Gasteiger partial charge in [-0.2, -0.15) is 0 Å². The molecule has 7 nitrogen and oxygen atoms in total. The maximum absolute atomic E-state index is 13.0. The number of amides is 1. The first kappa shape index (κ1) is 27.7. The van der Waals surface area contributed by atoms with E-state index in [1.807, 2.05) is 85.1 Å². The number of thiazole rings is 1. The number of ether oxygens (including phenoxy) is 1. The van der Waals surface area contributed by atoms with Crippen LogP contribution in [0.3, 0.4) is 0 Å². The Morgan fingerprint density at radius 2 is 1.69 bits per heavy atom. The van der Waals surface area contributed by atoms with Gasteiger partial charge in [0.25, 0.3) is 0 Å². The highest BCUT2D eigenvalue weighted by Crippen LogP contribution is 2.32. The predicted octanol–water partition coefficient (Wildman–Crippen LogP) is 7.96. The van der Waals surface area contributed by atoms with Crippen LogP contribution in [0.25, 0.3) is 37.9 Å². The van der Waals surface area contributed by atoms with Crippen LogP contribution in [0.15, 0.2) is 96.2 Å². The number of benzene rings is 4. The Balaban J connectivity index is 1.18. The minimum atomic E-state index is -0.124. The summed E-state index contributed by atoms with van der Waals surface area (Å²) in [6, 6.07) is 30.1. The molecule has 4 aromatic carbocycles. The summed E-state index contributed by atoms with van der Waals surface area (Å²) in [4.78, 5) is 17.7. The zero-order valence-corrected chi connectivity index (χ0v) is 25.1. The lowest BCUT2D eigenvalue weighted by molar-refractivity contribution is -0.113. The Hall–Kier alpha value is -4.47. The van der Waals surface area contributed by atoms with Gasteiger partial charge in [-0.3, -0.25) is 9.36 Å². The third-order valence-corrected chi connectivity index (χ3v) is 8.60. The number of aryl methyl sites for hydroxylation is 2. The molecule has 2 heterocycles. The summed E-state index contributed by atoms with van der Waals surface area (Å²) in [6.45, 7) is 6.69. The molecular weight excluding hydrogens is 563 g/mol. The monoisotopic (exact) mass is 591 g/mol. The van der Waals surface area contributed by atoms with Gasteiger partial charge in [-0.25, -0.2) is 4.98 Å². The summed E-state index contributed by atoms with van der Waals surface area (Å²) in [5, 5.41) is 13.6. The summed E-state index contributed by atoms with van der Waals surface area (Å²) in [7, 11) is 0. The van der Waals surface area contributed by atoms with Crippen LogP contribution < -0.4 is 10.1 Å². The number of hydrogen-bond donors (Lipinski definition) is 1. The fourth-order valence-corrected chi connectivity index (χ4v) is 6.43. The molecule has 6 rings (SSSR count). The molecule has 6 aromatic rings. The number of carbonyl (C=O) groups is 1. The highest BCUT2D eigenvalue weighted by atomic mass is 32.2. The Morgan fingerprint density at radius 3 is 2.45 bits per heavy atom. The molecular formula is C33H29N5O2S2. The Bertz CT molecular complexity index is 1860. The number of nitrogens with zero attached hydrogens (tertiary/aromatic N) is 4. The van der Waals surface area contributed by atoms with Gasteiger partial charge in [0, 0.05) is 22.5 Å². The van der Waals surface area contributed by atoms with Gasteiger partial charge in [0.05, 0.1) is 22.6 Å². The molecule has 42 heavy (non-hydrogen) atoms. The lowest BCUT2D eigenvalue weighted by Crippen LogP contribution is -2.14. The van der Waals surface area contributed by atoms with Crippen molar-refractivity contribution in [1.82, 2.24) is 19.7 Å². The van der Waals surface area contributed by atoms with E-state index in [9.17, 15) is 4.79 Å². The van der Waals surface area contributed by atoms with Crippen LogP contribution in [-0.2, 0) is 4.79 Å². The first-order valence-electron chi connectivity index (χ1n) is 13.6. The van der Waals surface area contributed by atoms with Crippen molar-refractivity contribution < 1.29 is 9.53 Å². The number of nitrogens with one attached hydrogen (secondary N) is 1. The molecule has 0 aliphatic rings. The topological polar surface area (TPSA) is 81.9 Å². The molecule has 210 valence electrons. The van der Waals surface area contributed by atoms with Crippen LogP contribution >= 0.6 is 23.1 Å². The Morgan fingerprint density at radius 1 is 0.905 bits per heavy atom. The lowest BCUT2D eigenvalue weighted by Gasteiger charge is -2.12. The third-order valence-electron chi connectivity index (χ3n) is 6.61. The van der Waals surface area contributed by atoms with Crippen LogP contribution in [0.5, 0.6) is 5.75 Å². The van der Waals surface area contributed by atoms with Crippen LogP contribution in [0.1, 0.15) is 18.1 Å². The molecule has 0 radical (unpaired) electrons. The second kappa shape index (κ2) is 12.2. The molecule has 0 spiro atoms. The smallest absolute Gasteiger partial charge is 0.234 e. The third kappa shape index (κ3) is 6.07. The van der Waals surface area contributed by atoms with Crippen LogP contribution in [0.4, 0.5) is 5.69 Å². The molecule has 0 aliphatic heterocycles. The van der Waals surface area contributed by atoms with Gasteiger partial charge < -0.3 is 10.1 Å². The number of aromatic nitrogens is 4. The lowest BCUT2D eigenvalue weighted by atomic mass is 10.1. The van der Waals surface area contributed by atoms with E-state index in [-0.39, 0.29) is 11.7 Å². The van der Waals surface area contributed by atoms with Crippen LogP contribution in [-0.4, -0.2) is 38.0 Å². The van der Waals surface area contributed by atoms with Crippen molar-refractivity contribution in [1.29, 1.82) is 0 Å². The number of hydrogen-bond acceptors (Lipinski definition) is 7. The van der Waals surface area contributed by atoms with E-state index in [4.69, 9.17) is 9.72 Å². The van der Waals surface area contributed by atoms with E-state index in [0.29, 0.717) is 17.6 Å². The van der Waals surface area contributed by atoms with E-state index in [1.165, 1.54) is 22.0 Å². The van der Waals surface area contributed by atoms with Gasteiger partial charge in [0.15, 0.2) is 11.0 Å². The quantitative estimate of drug-likeness (QED) is 0.172. The maximum atomic E-state index is 13.0. The van der Waals surface area contributed by atoms with Crippen molar-refractivity contribution in [2.24, 2.45) is 0 Å². The highest BCUT2D eigenvalue weighted by Gasteiger charge is 2.18. The summed E-state index contributed by atoms with van der Waals surface area (Å²) in [5.74, 6) is 1.57. The Kier molecular flexibility index (Phi) is 8.03. The largest absolute Gasteiger partial charge is 0.494 e. The zero-order valence-electron chi connectivity index (χ0n) is 23.5. The predicted molar refractivity (Wildman–Crippen MR) is 172 cm³/mol. The average Bonchev–Trinajstić information content (AvgIpc) is 3.61. The molecule has 1 N–H and O–H groups in total. The first-order chi connectivity index (χ1) is 20.5. The van der Waals surface area contributed by atoms with Gasteiger partial charge >= 0.3 is 0 Å². The SMILES string of the molecule is CCOc1ccc(-n2c(SCC(=O)Nc3ccc(-c4nc5ccc(C)cc5s4)cc3)nnc2-c2cccc(C)c2)cc1. The molecule has 0 aliphatic carbocycles. The van der Waals surface area contributed by atoms with E-state index in [2.05, 4.69) is 46.7 Å². The van der Waals surface area contributed by atoms with Crippen LogP contribution in [0, 0.1) is 13.8 Å². The van der Waals surface area contributed by atoms with Gasteiger partial charge in [0.2, 0.25) is 5.91 Å². The summed E-state index contributed by atoms with van der Waals surface area (Å²) < 4.78 is 8.78. The molecule has 0 atom stereocenters. The van der Waals surface area contributed by atoms with E-state index in [0.717, 1.165) is 44.3 Å². The first-order valence-corrected chi connectivity index (χ1v) is 15.4. The van der Waals surface area contributed by atoms with Gasteiger partial charge in [0.1, 0.15) is 10.8 Å². The molecule has 0 saturated carbocycles. The average molecular weight is 592 g/mol. The maximum Gasteiger partial charge on any atom is 0.234 e. The number of rotatable bonds is 9. The number of fused-ring (bicyclic) bond motifs is 1. The van der Waals surface area contributed by atoms with Gasteiger partial charge in [-0.15, -0.1) is 21.5 Å². The van der Waals surface area contributed by atoms with E-state index >= 15 is 0 Å². The second-order valence-electron chi connectivity index (χ2n) is 9.84. The summed E-state index contributed by atoms with van der Waals surface area (Å²) >= 11 is 3.01. The molecule has 1 amide bonds. The standard InChI is InChI=1S/C33H29N5O2S2/c1-4-40-27-15-13-26(14-16-27)38-31(24-7-5-6-21(2)18-24)36-37-33(38)41-20-30(39)34-25-11-9-23(10-12-25)32-35-28-17-8-22(3)19-29(28)42-32/h5-19H,4,20H2,1-3H3,(H,34,39). The molecule has 0 bridgehead atoms. The Labute approximate surface area is 252 Å². The summed E-state index contributed by atoms with van der Waals surface area (Å²) in [5.41, 5.74) is 6.95. The highest BCUT2D eigenvalue weighted by molar-refractivity contribution is 7.99. The van der Waals surface area contributed by atoms with Crippen molar-refractivity contribution >= 4 is 44.9 Å². The number of anilines is 1. The fourth-order valence-electron chi connectivity index (χ4n) is 4.60. The fraction of sp³-hybridized carbons (Fsp3) is 0.152. The molecule has 9 heteroatoms. The van der Waals surface area contributed by atoms with Crippen molar-refractivity contribution in [2.45, 2.75) is 25.9 Å².